The van der Waals surface area contributed by atoms with E-state index in [1.807, 2.05) is 0 Å². The molecule has 0 aliphatic rings. The van der Waals surface area contributed by atoms with Crippen LogP contribution < -0.4 is 5.73 Å². The lowest BCUT2D eigenvalue weighted by atomic mass is 10.2. The van der Waals surface area contributed by atoms with E-state index < -0.39 is 16.6 Å². The summed E-state index contributed by atoms with van der Waals surface area (Å²) in [4.78, 5) is 0.449. The van der Waals surface area contributed by atoms with Crippen molar-refractivity contribution in [2.24, 2.45) is 0 Å². The molecule has 2 aromatic rings. The van der Waals surface area contributed by atoms with Gasteiger partial charge in [-0.25, -0.2) is 4.39 Å². The number of hydrogen-bond acceptors (Lipinski definition) is 2. The molecule has 0 saturated carbocycles. The Bertz CT molecular complexity index is 649. The number of nitrogen functional groups attached to an aromatic ring is 1. The molecule has 0 radical (unpaired) electrons. The summed E-state index contributed by atoms with van der Waals surface area (Å²) in [6, 6.07) is 8.98. The zero-order valence-corrected chi connectivity index (χ0v) is 12.0. The number of benzene rings is 2. The van der Waals surface area contributed by atoms with Crippen LogP contribution in [-0.2, 0) is 16.6 Å². The van der Waals surface area contributed by atoms with Crippen molar-refractivity contribution in [3.05, 3.63) is 57.8 Å². The summed E-state index contributed by atoms with van der Waals surface area (Å²) < 4.78 is 25.2. The lowest BCUT2D eigenvalue weighted by Crippen LogP contribution is -1.99. The SMILES string of the molecule is Nc1ccc(Cl)c(CS(=O)c2ccc(F)c(Cl)c2)c1. The van der Waals surface area contributed by atoms with E-state index in [1.54, 1.807) is 18.2 Å². The van der Waals surface area contributed by atoms with Crippen LogP contribution in [0.3, 0.4) is 0 Å². The van der Waals surface area contributed by atoms with Crippen molar-refractivity contribution in [2.75, 3.05) is 5.73 Å². The number of rotatable bonds is 3. The smallest absolute Gasteiger partial charge is 0.141 e. The molecule has 0 aliphatic carbocycles. The highest BCUT2D eigenvalue weighted by Crippen LogP contribution is 2.24. The third kappa shape index (κ3) is 3.47. The summed E-state index contributed by atoms with van der Waals surface area (Å²) in [5.41, 5.74) is 6.89. The van der Waals surface area contributed by atoms with Crippen LogP contribution in [0.5, 0.6) is 0 Å². The Labute approximate surface area is 122 Å². The summed E-state index contributed by atoms with van der Waals surface area (Å²) in [6.45, 7) is 0. The van der Waals surface area contributed by atoms with E-state index in [4.69, 9.17) is 28.9 Å². The van der Waals surface area contributed by atoms with Gasteiger partial charge in [0, 0.05) is 15.6 Å². The predicted molar refractivity (Wildman–Crippen MR) is 77.4 cm³/mol. The van der Waals surface area contributed by atoms with Gasteiger partial charge in [-0.3, -0.25) is 4.21 Å². The first-order valence-electron chi connectivity index (χ1n) is 5.34. The topological polar surface area (TPSA) is 43.1 Å². The molecule has 0 amide bonds. The van der Waals surface area contributed by atoms with E-state index in [0.717, 1.165) is 0 Å². The molecule has 2 nitrogen and oxygen atoms in total. The van der Waals surface area contributed by atoms with Gasteiger partial charge in [0.25, 0.3) is 0 Å². The van der Waals surface area contributed by atoms with Gasteiger partial charge in [-0.2, -0.15) is 0 Å². The monoisotopic (exact) mass is 317 g/mol. The molecule has 1 atom stereocenters. The van der Waals surface area contributed by atoms with Crippen LogP contribution in [0.15, 0.2) is 41.3 Å². The van der Waals surface area contributed by atoms with Crippen LogP contribution in [0.1, 0.15) is 5.56 Å². The van der Waals surface area contributed by atoms with Crippen LogP contribution in [0.4, 0.5) is 10.1 Å². The molecule has 2 rings (SSSR count). The molecule has 0 spiro atoms. The van der Waals surface area contributed by atoms with Crippen LogP contribution in [0, 0.1) is 5.82 Å². The van der Waals surface area contributed by atoms with Gasteiger partial charge >= 0.3 is 0 Å². The quantitative estimate of drug-likeness (QED) is 0.869. The van der Waals surface area contributed by atoms with E-state index in [0.29, 0.717) is 21.2 Å². The first kappa shape index (κ1) is 14.3. The maximum atomic E-state index is 13.0. The average molecular weight is 318 g/mol. The van der Waals surface area contributed by atoms with Crippen molar-refractivity contribution in [2.45, 2.75) is 10.6 Å². The van der Waals surface area contributed by atoms with Crippen molar-refractivity contribution in [1.82, 2.24) is 0 Å². The van der Waals surface area contributed by atoms with E-state index in [1.165, 1.54) is 18.2 Å². The number of nitrogens with two attached hydrogens (primary N) is 1. The van der Waals surface area contributed by atoms with Gasteiger partial charge in [-0.05, 0) is 42.0 Å². The lowest BCUT2D eigenvalue weighted by Gasteiger charge is -2.06. The average Bonchev–Trinajstić information content (AvgIpc) is 2.37. The zero-order chi connectivity index (χ0) is 14.0. The summed E-state index contributed by atoms with van der Waals surface area (Å²) in [5, 5.41) is 0.445. The molecule has 0 fully saturated rings. The number of hydrogen-bond donors (Lipinski definition) is 1. The van der Waals surface area contributed by atoms with E-state index in [-0.39, 0.29) is 10.8 Å². The van der Waals surface area contributed by atoms with Crippen molar-refractivity contribution < 1.29 is 8.60 Å². The van der Waals surface area contributed by atoms with Gasteiger partial charge in [0.1, 0.15) is 5.82 Å². The highest BCUT2D eigenvalue weighted by molar-refractivity contribution is 7.84. The van der Waals surface area contributed by atoms with E-state index in [2.05, 4.69) is 0 Å². The van der Waals surface area contributed by atoms with Crippen LogP contribution >= 0.6 is 23.2 Å². The molecule has 0 aliphatic heterocycles. The maximum absolute atomic E-state index is 13.0. The van der Waals surface area contributed by atoms with Crippen LogP contribution in [0.2, 0.25) is 10.0 Å². The van der Waals surface area contributed by atoms with Gasteiger partial charge in [-0.1, -0.05) is 23.2 Å². The molecule has 0 saturated heterocycles. The minimum absolute atomic E-state index is 0.0514. The molecule has 6 heteroatoms. The molecule has 1 unspecified atom stereocenters. The van der Waals surface area contributed by atoms with Gasteiger partial charge in [0.05, 0.1) is 21.6 Å². The van der Waals surface area contributed by atoms with Crippen molar-refractivity contribution in [1.29, 1.82) is 0 Å². The first-order valence-corrected chi connectivity index (χ1v) is 7.42. The second-order valence-electron chi connectivity index (χ2n) is 3.92. The molecule has 19 heavy (non-hydrogen) atoms. The second kappa shape index (κ2) is 5.90. The van der Waals surface area contributed by atoms with Crippen LogP contribution in [0.25, 0.3) is 0 Å². The Kier molecular flexibility index (Phi) is 4.45. The largest absolute Gasteiger partial charge is 0.399 e. The highest BCUT2D eigenvalue weighted by Gasteiger charge is 2.10. The lowest BCUT2D eigenvalue weighted by molar-refractivity contribution is 0.626. The minimum Gasteiger partial charge on any atom is -0.399 e. The Morgan fingerprint density at radius 2 is 1.84 bits per heavy atom. The maximum Gasteiger partial charge on any atom is 0.141 e. The molecule has 2 aromatic carbocycles. The van der Waals surface area contributed by atoms with E-state index in [9.17, 15) is 8.60 Å². The minimum atomic E-state index is -1.36. The predicted octanol–water partition coefficient (Wildman–Crippen LogP) is 4.02. The summed E-state index contributed by atoms with van der Waals surface area (Å²) in [5.74, 6) is -0.337. The number of halogens is 3. The van der Waals surface area contributed by atoms with Crippen LogP contribution in [-0.4, -0.2) is 4.21 Å². The highest BCUT2D eigenvalue weighted by atomic mass is 35.5. The van der Waals surface area contributed by atoms with E-state index >= 15 is 0 Å². The fourth-order valence-electron chi connectivity index (χ4n) is 1.55. The summed E-state index contributed by atoms with van der Waals surface area (Å²) in [6.07, 6.45) is 0. The summed E-state index contributed by atoms with van der Waals surface area (Å²) >= 11 is 11.7. The first-order chi connectivity index (χ1) is 8.97. The van der Waals surface area contributed by atoms with Gasteiger partial charge < -0.3 is 5.73 Å². The standard InChI is InChI=1S/C13H10Cl2FNOS/c14-11-3-1-9(17)5-8(11)7-19(18)10-2-4-13(16)12(15)6-10/h1-6H,7,17H2. The molecular weight excluding hydrogens is 308 g/mol. The second-order valence-corrected chi connectivity index (χ2v) is 6.18. The Balaban J connectivity index is 2.25. The molecular formula is C13H10Cl2FNOS. The Hall–Kier alpha value is -1.10. The summed E-state index contributed by atoms with van der Waals surface area (Å²) in [7, 11) is -1.36. The zero-order valence-electron chi connectivity index (χ0n) is 9.70. The number of anilines is 1. The Morgan fingerprint density at radius 3 is 2.53 bits per heavy atom. The molecule has 0 heterocycles. The van der Waals surface area contributed by atoms with Gasteiger partial charge in [0.2, 0.25) is 0 Å². The van der Waals surface area contributed by atoms with Gasteiger partial charge in [0.15, 0.2) is 0 Å². The fraction of sp³-hybridized carbons (Fsp3) is 0.0769. The van der Waals surface area contributed by atoms with Crippen molar-refractivity contribution in [3.63, 3.8) is 0 Å². The third-order valence-electron chi connectivity index (χ3n) is 2.51. The third-order valence-corrected chi connectivity index (χ3v) is 4.52. The normalized spacial score (nSPS) is 12.4. The molecule has 0 bridgehead atoms. The molecule has 2 N–H and O–H groups in total. The Morgan fingerprint density at radius 1 is 1.11 bits per heavy atom. The van der Waals surface area contributed by atoms with Gasteiger partial charge in [-0.15, -0.1) is 0 Å². The molecule has 0 aromatic heterocycles. The fourth-order valence-corrected chi connectivity index (χ4v) is 3.21. The van der Waals surface area contributed by atoms with Crippen molar-refractivity contribution in [3.8, 4) is 0 Å². The van der Waals surface area contributed by atoms with Crippen molar-refractivity contribution >= 4 is 39.7 Å². The molecule has 100 valence electrons.